The third-order valence-corrected chi connectivity index (χ3v) is 3.02. The van der Waals surface area contributed by atoms with Gasteiger partial charge in [0.25, 0.3) is 0 Å². The van der Waals surface area contributed by atoms with Gasteiger partial charge < -0.3 is 10.2 Å². The molecule has 1 aromatic heterocycles. The van der Waals surface area contributed by atoms with E-state index >= 15 is 0 Å². The van der Waals surface area contributed by atoms with Crippen molar-refractivity contribution in [2.24, 2.45) is 0 Å². The van der Waals surface area contributed by atoms with E-state index in [2.05, 4.69) is 0 Å². The molecule has 0 spiro atoms. The predicted octanol–water partition coefficient (Wildman–Crippen LogP) is 1.67. The second kappa shape index (κ2) is 3.36. The Morgan fingerprint density at radius 3 is 2.73 bits per heavy atom. The van der Waals surface area contributed by atoms with E-state index in [-0.39, 0.29) is 16.0 Å². The first kappa shape index (κ1) is 9.67. The van der Waals surface area contributed by atoms with E-state index in [1.54, 1.807) is 12.1 Å². The number of carboxylic acids is 1. The molecular formula is C10H6O4S. The van der Waals surface area contributed by atoms with E-state index in [0.717, 1.165) is 17.4 Å². The quantitative estimate of drug-likeness (QED) is 0.769. The zero-order valence-electron chi connectivity index (χ0n) is 7.43. The molecular weight excluding hydrogens is 216 g/mol. The summed E-state index contributed by atoms with van der Waals surface area (Å²) in [7, 11) is 0. The van der Waals surface area contributed by atoms with Crippen LogP contribution in [-0.4, -0.2) is 16.2 Å². The van der Waals surface area contributed by atoms with Gasteiger partial charge in [-0.25, -0.2) is 4.79 Å². The van der Waals surface area contributed by atoms with Gasteiger partial charge >= 0.3 is 5.97 Å². The van der Waals surface area contributed by atoms with Crippen molar-refractivity contribution in [3.05, 3.63) is 39.4 Å². The predicted molar refractivity (Wildman–Crippen MR) is 56.7 cm³/mol. The van der Waals surface area contributed by atoms with Crippen molar-refractivity contribution in [1.29, 1.82) is 0 Å². The average molecular weight is 222 g/mol. The van der Waals surface area contributed by atoms with Gasteiger partial charge in [0, 0.05) is 10.8 Å². The lowest BCUT2D eigenvalue weighted by atomic mass is 10.2. The van der Waals surface area contributed by atoms with Gasteiger partial charge in [-0.15, -0.1) is 11.3 Å². The molecule has 5 heteroatoms. The van der Waals surface area contributed by atoms with Crippen LogP contribution >= 0.6 is 11.3 Å². The number of phenols is 1. The molecule has 0 aliphatic heterocycles. The molecule has 2 aromatic rings. The highest BCUT2D eigenvalue weighted by Gasteiger charge is 2.10. The zero-order valence-corrected chi connectivity index (χ0v) is 8.25. The van der Waals surface area contributed by atoms with E-state index < -0.39 is 11.4 Å². The minimum Gasteiger partial charge on any atom is -0.507 e. The van der Waals surface area contributed by atoms with Crippen molar-refractivity contribution in [2.45, 2.75) is 0 Å². The highest BCUT2D eigenvalue weighted by Crippen LogP contribution is 2.25. The summed E-state index contributed by atoms with van der Waals surface area (Å²) in [6, 6.07) is 5.60. The summed E-state index contributed by atoms with van der Waals surface area (Å²) in [5, 5.41) is 18.4. The van der Waals surface area contributed by atoms with Crippen LogP contribution in [0.2, 0.25) is 0 Å². The Morgan fingerprint density at radius 2 is 2.07 bits per heavy atom. The van der Waals surface area contributed by atoms with E-state index in [1.165, 1.54) is 6.07 Å². The summed E-state index contributed by atoms with van der Waals surface area (Å²) in [6.45, 7) is 0. The van der Waals surface area contributed by atoms with Crippen molar-refractivity contribution in [2.75, 3.05) is 0 Å². The molecule has 0 bridgehead atoms. The van der Waals surface area contributed by atoms with Crippen LogP contribution in [0.15, 0.2) is 29.1 Å². The second-order valence-corrected chi connectivity index (χ2v) is 4.01. The number of phenolic OH excluding ortho intramolecular Hbond substituents is 1. The lowest BCUT2D eigenvalue weighted by Gasteiger charge is -1.99. The van der Waals surface area contributed by atoms with Crippen LogP contribution in [0.1, 0.15) is 9.67 Å². The van der Waals surface area contributed by atoms with E-state index in [9.17, 15) is 14.7 Å². The van der Waals surface area contributed by atoms with Gasteiger partial charge in [-0.3, -0.25) is 4.79 Å². The fourth-order valence-corrected chi connectivity index (χ4v) is 2.24. The molecule has 2 rings (SSSR count). The number of hydrogen-bond donors (Lipinski definition) is 2. The van der Waals surface area contributed by atoms with E-state index in [0.29, 0.717) is 4.70 Å². The SMILES string of the molecule is O=C(O)c1cc(=O)c2c(O)cccc2s1. The largest absolute Gasteiger partial charge is 0.507 e. The van der Waals surface area contributed by atoms with E-state index in [1.807, 2.05) is 0 Å². The number of fused-ring (bicyclic) bond motifs is 1. The molecule has 0 fully saturated rings. The topological polar surface area (TPSA) is 74.6 Å². The number of aromatic carboxylic acids is 1. The van der Waals surface area contributed by atoms with Crippen LogP contribution in [0, 0.1) is 0 Å². The monoisotopic (exact) mass is 222 g/mol. The third kappa shape index (κ3) is 1.57. The summed E-state index contributed by atoms with van der Waals surface area (Å²) >= 11 is 0.964. The molecule has 76 valence electrons. The maximum absolute atomic E-state index is 11.5. The van der Waals surface area contributed by atoms with E-state index in [4.69, 9.17) is 5.11 Å². The molecule has 0 amide bonds. The first-order valence-corrected chi connectivity index (χ1v) is 4.90. The Bertz CT molecular complexity index is 600. The number of aromatic hydroxyl groups is 1. The number of carbonyl (C=O) groups is 1. The molecule has 0 radical (unpaired) electrons. The van der Waals surface area contributed by atoms with Crippen LogP contribution in [0.5, 0.6) is 5.75 Å². The second-order valence-electron chi connectivity index (χ2n) is 2.93. The van der Waals surface area contributed by atoms with Crippen LogP contribution in [0.3, 0.4) is 0 Å². The number of rotatable bonds is 1. The van der Waals surface area contributed by atoms with Crippen molar-refractivity contribution in [3.8, 4) is 5.75 Å². The van der Waals surface area contributed by atoms with Gasteiger partial charge in [0.05, 0.1) is 5.39 Å². The smallest absolute Gasteiger partial charge is 0.346 e. The fraction of sp³-hybridized carbons (Fsp3) is 0. The molecule has 0 aliphatic rings. The van der Waals surface area contributed by atoms with Gasteiger partial charge in [0.1, 0.15) is 10.6 Å². The Hall–Kier alpha value is -1.88. The first-order valence-electron chi connectivity index (χ1n) is 4.09. The summed E-state index contributed by atoms with van der Waals surface area (Å²) in [5.41, 5.74) is -0.473. The molecule has 0 saturated carbocycles. The van der Waals surface area contributed by atoms with Crippen molar-refractivity contribution >= 4 is 27.4 Å². The molecule has 2 N–H and O–H groups in total. The number of benzene rings is 1. The number of carboxylic acid groups (broad SMARTS) is 1. The van der Waals surface area contributed by atoms with Crippen molar-refractivity contribution < 1.29 is 15.0 Å². The van der Waals surface area contributed by atoms with Crippen LogP contribution in [0.25, 0.3) is 10.1 Å². The standard InChI is InChI=1S/C10H6O4S/c11-5-2-1-3-7-9(5)6(12)4-8(15-7)10(13)14/h1-4,11H,(H,13,14). The highest BCUT2D eigenvalue weighted by molar-refractivity contribution is 7.20. The maximum Gasteiger partial charge on any atom is 0.346 e. The average Bonchev–Trinajstić information content (AvgIpc) is 2.17. The Balaban J connectivity index is 2.91. The molecule has 15 heavy (non-hydrogen) atoms. The maximum atomic E-state index is 11.5. The Kier molecular flexibility index (Phi) is 2.17. The minimum atomic E-state index is -1.14. The zero-order chi connectivity index (χ0) is 11.0. The van der Waals surface area contributed by atoms with Gasteiger partial charge in [-0.2, -0.15) is 0 Å². The molecule has 0 aliphatic carbocycles. The Labute approximate surface area is 88.0 Å². The number of hydrogen-bond acceptors (Lipinski definition) is 4. The molecule has 0 saturated heterocycles. The normalized spacial score (nSPS) is 10.4. The van der Waals surface area contributed by atoms with Crippen LogP contribution in [-0.2, 0) is 0 Å². The molecule has 1 heterocycles. The highest BCUT2D eigenvalue weighted by atomic mass is 32.1. The summed E-state index contributed by atoms with van der Waals surface area (Å²) in [6.07, 6.45) is 0. The van der Waals surface area contributed by atoms with Gasteiger partial charge in [-0.1, -0.05) is 6.07 Å². The lowest BCUT2D eigenvalue weighted by molar-refractivity contribution is 0.0702. The van der Waals surface area contributed by atoms with Gasteiger partial charge in [0.2, 0.25) is 0 Å². The Morgan fingerprint density at radius 1 is 1.33 bits per heavy atom. The van der Waals surface area contributed by atoms with Gasteiger partial charge in [0.15, 0.2) is 5.43 Å². The fourth-order valence-electron chi connectivity index (χ4n) is 1.30. The summed E-state index contributed by atoms with van der Waals surface area (Å²) in [4.78, 5) is 22.2. The molecule has 0 atom stereocenters. The minimum absolute atomic E-state index is 0.0295. The van der Waals surface area contributed by atoms with Crippen LogP contribution < -0.4 is 5.43 Å². The first-order chi connectivity index (χ1) is 7.09. The van der Waals surface area contributed by atoms with Gasteiger partial charge in [-0.05, 0) is 12.1 Å². The van der Waals surface area contributed by atoms with Crippen molar-refractivity contribution in [3.63, 3.8) is 0 Å². The molecule has 1 aromatic carbocycles. The third-order valence-electron chi connectivity index (χ3n) is 1.94. The summed E-state index contributed by atoms with van der Waals surface area (Å²) in [5.74, 6) is -1.26. The lowest BCUT2D eigenvalue weighted by Crippen LogP contribution is -2.04. The molecule has 0 unspecified atom stereocenters. The van der Waals surface area contributed by atoms with Crippen LogP contribution in [0.4, 0.5) is 0 Å². The van der Waals surface area contributed by atoms with Crippen molar-refractivity contribution in [1.82, 2.24) is 0 Å². The summed E-state index contributed by atoms with van der Waals surface area (Å²) < 4.78 is 0.472. The molecule has 4 nitrogen and oxygen atoms in total.